The van der Waals surface area contributed by atoms with Gasteiger partial charge in [0, 0.05) is 11.9 Å². The quantitative estimate of drug-likeness (QED) is 0.194. The molecule has 12 nitrogen and oxygen atoms in total. The number of amides is 1. The minimum Gasteiger partial charge on any atom is -0.385 e. The van der Waals surface area contributed by atoms with E-state index in [9.17, 15) is 14.7 Å². The molecule has 2 saturated heterocycles. The van der Waals surface area contributed by atoms with Crippen molar-refractivity contribution in [2.45, 2.75) is 29.7 Å². The van der Waals surface area contributed by atoms with Gasteiger partial charge in [0.25, 0.3) is 5.56 Å². The molecular weight excluding hydrogens is 587 g/mol. The van der Waals surface area contributed by atoms with Crippen LogP contribution < -0.4 is 10.9 Å². The second-order valence-electron chi connectivity index (χ2n) is 9.43. The number of hydrogen-bond donors (Lipinski definition) is 3. The molecular formula is C26H22N6O6PS2+. The van der Waals surface area contributed by atoms with Crippen molar-refractivity contribution in [2.24, 2.45) is 0 Å². The second kappa shape index (κ2) is 10.7. The van der Waals surface area contributed by atoms with Gasteiger partial charge in [0.05, 0.1) is 11.4 Å². The molecule has 5 heterocycles. The predicted octanol–water partition coefficient (Wildman–Crippen LogP) is 3.22. The summed E-state index contributed by atoms with van der Waals surface area (Å²) in [5, 5.41) is 14.4. The minimum absolute atomic E-state index is 0.0116. The summed E-state index contributed by atoms with van der Waals surface area (Å²) in [6.07, 6.45) is -1.77. The van der Waals surface area contributed by atoms with Gasteiger partial charge in [0.2, 0.25) is 23.5 Å². The van der Waals surface area contributed by atoms with Crippen molar-refractivity contribution in [3.05, 3.63) is 77.2 Å². The molecule has 2 fully saturated rings. The second-order valence-corrected chi connectivity index (χ2v) is 12.2. The van der Waals surface area contributed by atoms with Crippen LogP contribution in [0.25, 0.3) is 28.2 Å². The molecule has 208 valence electrons. The van der Waals surface area contributed by atoms with E-state index in [1.165, 1.54) is 4.40 Å². The predicted molar refractivity (Wildman–Crippen MR) is 155 cm³/mol. The highest BCUT2D eigenvalue weighted by molar-refractivity contribution is 8.00. The highest BCUT2D eigenvalue weighted by Crippen LogP contribution is 2.44. The van der Waals surface area contributed by atoms with E-state index in [0.717, 1.165) is 17.3 Å². The Kier molecular flexibility index (Phi) is 6.91. The summed E-state index contributed by atoms with van der Waals surface area (Å²) in [4.78, 5) is 38.9. The van der Waals surface area contributed by atoms with Gasteiger partial charge in [-0.15, -0.1) is 9.05 Å². The summed E-state index contributed by atoms with van der Waals surface area (Å²) in [5.41, 5.74) is 2.11. The largest absolute Gasteiger partial charge is 0.522 e. The molecule has 2 aliphatic heterocycles. The topological polar surface area (TPSA) is 145 Å². The molecule has 5 atom stereocenters. The third kappa shape index (κ3) is 4.87. The van der Waals surface area contributed by atoms with Crippen molar-refractivity contribution in [1.82, 2.24) is 23.9 Å². The molecule has 0 spiro atoms. The molecule has 7 rings (SSSR count). The van der Waals surface area contributed by atoms with Gasteiger partial charge in [-0.05, 0) is 17.7 Å². The summed E-state index contributed by atoms with van der Waals surface area (Å²) in [7, 11) is -1.57. The average Bonchev–Trinajstić information content (AvgIpc) is 3.67. The lowest BCUT2D eigenvalue weighted by Gasteiger charge is -2.18. The Hall–Kier alpha value is -3.49. The van der Waals surface area contributed by atoms with Crippen LogP contribution in [0.2, 0.25) is 0 Å². The summed E-state index contributed by atoms with van der Waals surface area (Å²) in [5.74, 6) is 0.0149. The minimum atomic E-state index is -1.57. The first-order valence-corrected chi connectivity index (χ1v) is 15.8. The van der Waals surface area contributed by atoms with Crippen molar-refractivity contribution in [3.63, 3.8) is 0 Å². The van der Waals surface area contributed by atoms with E-state index < -0.39 is 37.2 Å². The van der Waals surface area contributed by atoms with Crippen molar-refractivity contribution in [1.29, 1.82) is 0 Å². The van der Waals surface area contributed by atoms with Crippen LogP contribution in [0.4, 0.5) is 5.69 Å². The SMILES string of the molecule is O=C(CSc1nc2c(=O)n3cc(-c4ccccc4)[nH]c3nc2n1C1OC2CO[P+](=S)OC2C1O)Nc1ccccc1. The Bertz CT molecular complexity index is 1850. The number of H-pyrrole nitrogens is 1. The molecule has 0 aliphatic carbocycles. The fourth-order valence-corrected chi connectivity index (χ4v) is 7.00. The Labute approximate surface area is 242 Å². The molecule has 5 aromatic rings. The number of anilines is 1. The number of para-hydroxylation sites is 1. The fourth-order valence-electron chi connectivity index (χ4n) is 4.91. The molecule has 3 N–H and O–H groups in total. The van der Waals surface area contributed by atoms with Crippen LogP contribution in [0.1, 0.15) is 6.23 Å². The number of ether oxygens (including phenoxy) is 1. The third-order valence-electron chi connectivity index (χ3n) is 6.81. The Morgan fingerprint density at radius 1 is 1.17 bits per heavy atom. The average molecular weight is 610 g/mol. The number of carbonyl (C=O) groups excluding carboxylic acids is 1. The normalized spacial score (nSPS) is 23.2. The first-order valence-electron chi connectivity index (χ1n) is 12.6. The summed E-state index contributed by atoms with van der Waals surface area (Å²) < 4.78 is 20.3. The van der Waals surface area contributed by atoms with E-state index in [1.54, 1.807) is 22.9 Å². The van der Waals surface area contributed by atoms with Crippen LogP contribution in [-0.2, 0) is 30.4 Å². The lowest BCUT2D eigenvalue weighted by molar-refractivity contribution is -0.113. The summed E-state index contributed by atoms with van der Waals surface area (Å²) in [6.45, 7) is 0.166. The number of hydrogen-bond acceptors (Lipinski definition) is 10. The van der Waals surface area contributed by atoms with E-state index in [4.69, 9.17) is 30.6 Å². The van der Waals surface area contributed by atoms with Gasteiger partial charge in [0.1, 0.15) is 18.8 Å². The number of aliphatic hydroxyl groups is 1. The molecule has 15 heteroatoms. The lowest BCUT2D eigenvalue weighted by atomic mass is 10.1. The number of rotatable bonds is 6. The number of aromatic nitrogens is 5. The number of fused-ring (bicyclic) bond motifs is 3. The van der Waals surface area contributed by atoms with Crippen LogP contribution in [0, 0.1) is 0 Å². The number of nitrogens with one attached hydrogen (secondary N) is 2. The number of aromatic amines is 1. The number of nitrogens with zero attached hydrogens (tertiary/aromatic N) is 4. The van der Waals surface area contributed by atoms with E-state index in [2.05, 4.69) is 15.3 Å². The zero-order valence-electron chi connectivity index (χ0n) is 21.1. The Balaban J connectivity index is 1.30. The van der Waals surface area contributed by atoms with Gasteiger partial charge in [0.15, 0.2) is 28.7 Å². The van der Waals surface area contributed by atoms with Crippen molar-refractivity contribution in [2.75, 3.05) is 17.7 Å². The van der Waals surface area contributed by atoms with E-state index >= 15 is 0 Å². The maximum absolute atomic E-state index is 13.6. The molecule has 5 unspecified atom stereocenters. The van der Waals surface area contributed by atoms with Gasteiger partial charge >= 0.3 is 7.15 Å². The Morgan fingerprint density at radius 2 is 1.93 bits per heavy atom. The van der Waals surface area contributed by atoms with Crippen LogP contribution in [0.5, 0.6) is 0 Å². The zero-order valence-corrected chi connectivity index (χ0v) is 23.6. The highest BCUT2D eigenvalue weighted by Gasteiger charge is 2.54. The molecule has 0 radical (unpaired) electrons. The fraction of sp³-hybridized carbons (Fsp3) is 0.231. The molecule has 2 aliphatic rings. The molecule has 0 saturated carbocycles. The standard InChI is InChI=1S/C26H21N6O6PS2/c33-18(27-15-9-5-2-6-10-15)13-41-26-29-19-22(32(26)24-20(34)21-17(37-24)12-36-39(40)38-21)30-25-28-16(11-31(25)23(19)35)14-7-3-1-4-8-14/h1-11,17,20-21,24,34H,12-13H2,(H-,27,28,30,33,35)/p+1. The van der Waals surface area contributed by atoms with Gasteiger partial charge < -0.3 is 20.1 Å². The maximum atomic E-state index is 13.6. The summed E-state index contributed by atoms with van der Waals surface area (Å²) >= 11 is 6.27. The molecule has 41 heavy (non-hydrogen) atoms. The van der Waals surface area contributed by atoms with Crippen LogP contribution in [0.3, 0.4) is 0 Å². The van der Waals surface area contributed by atoms with Gasteiger partial charge in [-0.25, -0.2) is 9.38 Å². The third-order valence-corrected chi connectivity index (χ3v) is 9.11. The molecule has 3 aromatic heterocycles. The monoisotopic (exact) mass is 609 g/mol. The number of carbonyl (C=O) groups is 1. The van der Waals surface area contributed by atoms with Crippen molar-refractivity contribution in [3.8, 4) is 11.3 Å². The number of imidazole rings is 2. The van der Waals surface area contributed by atoms with Gasteiger partial charge in [-0.2, -0.15) is 4.98 Å². The molecule has 0 bridgehead atoms. The highest BCUT2D eigenvalue weighted by atomic mass is 32.4. The molecule has 1 amide bonds. The number of aliphatic hydroxyl groups excluding tert-OH is 1. The Morgan fingerprint density at radius 3 is 2.71 bits per heavy atom. The van der Waals surface area contributed by atoms with Crippen LogP contribution in [-0.4, -0.2) is 65.6 Å². The van der Waals surface area contributed by atoms with E-state index in [1.807, 2.05) is 48.5 Å². The maximum Gasteiger partial charge on any atom is 0.522 e. The van der Waals surface area contributed by atoms with Gasteiger partial charge in [-0.3, -0.25) is 14.2 Å². The number of thioether (sulfide) groups is 1. The zero-order chi connectivity index (χ0) is 28.1. The van der Waals surface area contributed by atoms with E-state index in [-0.39, 0.29) is 34.6 Å². The first-order chi connectivity index (χ1) is 20.0. The van der Waals surface area contributed by atoms with Crippen LogP contribution in [0.15, 0.2) is 76.8 Å². The van der Waals surface area contributed by atoms with Crippen LogP contribution >= 0.6 is 18.9 Å². The van der Waals surface area contributed by atoms with Crippen molar-refractivity contribution < 1.29 is 23.7 Å². The van der Waals surface area contributed by atoms with Crippen molar-refractivity contribution >= 4 is 59.3 Å². The summed E-state index contributed by atoms with van der Waals surface area (Å²) in [6, 6.07) is 18.6. The van der Waals surface area contributed by atoms with E-state index in [0.29, 0.717) is 17.2 Å². The number of benzene rings is 2. The first kappa shape index (κ1) is 26.4. The smallest absolute Gasteiger partial charge is 0.385 e. The van der Waals surface area contributed by atoms with Gasteiger partial charge in [-0.1, -0.05) is 60.3 Å². The lowest BCUT2D eigenvalue weighted by Crippen LogP contribution is -2.37. The molecule has 2 aromatic carbocycles.